The van der Waals surface area contributed by atoms with Crippen molar-refractivity contribution in [2.45, 2.75) is 38.0 Å². The number of nitrogens with zero attached hydrogens (tertiary/aromatic N) is 2. The quantitative estimate of drug-likeness (QED) is 0.341. The first kappa shape index (κ1) is 19.3. The van der Waals surface area contributed by atoms with E-state index in [-0.39, 0.29) is 0 Å². The number of alkyl halides is 1. The smallest absolute Gasteiger partial charge is 0.151 e. The highest BCUT2D eigenvalue weighted by Gasteiger charge is 2.15. The van der Waals surface area contributed by atoms with Crippen LogP contribution in [0.5, 0.6) is 0 Å². The first-order chi connectivity index (χ1) is 11.6. The molecule has 3 nitrogen and oxygen atoms in total. The summed E-state index contributed by atoms with van der Waals surface area (Å²) < 4.78 is 2.22. The molecular weight excluding hydrogens is 429 g/mol. The molecule has 0 unspecified atom stereocenters. The van der Waals surface area contributed by atoms with Gasteiger partial charge in [-0.05, 0) is 42.9 Å². The predicted molar refractivity (Wildman–Crippen MR) is 113 cm³/mol. The van der Waals surface area contributed by atoms with Crippen LogP contribution in [0.1, 0.15) is 28.2 Å². The molecule has 0 saturated carbocycles. The van der Waals surface area contributed by atoms with Gasteiger partial charge in [0.15, 0.2) is 5.65 Å². The fraction of sp³-hybridized carbons (Fsp3) is 0.316. The maximum Gasteiger partial charge on any atom is 0.151 e. The van der Waals surface area contributed by atoms with Crippen molar-refractivity contribution >= 4 is 40.0 Å². The lowest BCUT2D eigenvalue weighted by atomic mass is 10.2. The Morgan fingerprint density at radius 2 is 1.79 bits per heavy atom. The van der Waals surface area contributed by atoms with Crippen LogP contribution in [0.3, 0.4) is 0 Å². The molecule has 24 heavy (non-hydrogen) atoms. The van der Waals surface area contributed by atoms with Crippen LogP contribution in [-0.4, -0.2) is 14.3 Å². The zero-order valence-corrected chi connectivity index (χ0v) is 17.6. The number of imidazole rings is 1. The van der Waals surface area contributed by atoms with Crippen molar-refractivity contribution in [3.63, 3.8) is 0 Å². The molecule has 2 aromatic heterocycles. The van der Waals surface area contributed by atoms with Crippen molar-refractivity contribution in [2.24, 2.45) is 5.73 Å². The lowest BCUT2D eigenvalue weighted by Gasteiger charge is -2.11. The lowest BCUT2D eigenvalue weighted by Crippen LogP contribution is -2.06. The third-order valence-electron chi connectivity index (χ3n) is 4.08. The average Bonchev–Trinajstić information content (AvgIpc) is 2.96. The number of halogens is 1. The summed E-state index contributed by atoms with van der Waals surface area (Å²) in [5.74, 6) is 0.947. The number of hydrogen-bond acceptors (Lipinski definition) is 3. The molecule has 2 heterocycles. The summed E-state index contributed by atoms with van der Waals surface area (Å²) in [6.45, 7) is 6.83. The van der Waals surface area contributed by atoms with Crippen LogP contribution >= 0.6 is 34.4 Å². The SMILES string of the molecule is CI.Cc1cc(SCc2ccccc2)c2nc(C)c(CN)n2c1C. The zero-order chi connectivity index (χ0) is 17.7. The van der Waals surface area contributed by atoms with Gasteiger partial charge in [-0.25, -0.2) is 4.98 Å². The number of benzene rings is 1. The molecular formula is C19H24IN3S. The average molecular weight is 453 g/mol. The van der Waals surface area contributed by atoms with Gasteiger partial charge in [-0.1, -0.05) is 52.9 Å². The van der Waals surface area contributed by atoms with E-state index in [1.165, 1.54) is 21.7 Å². The molecule has 1 aromatic carbocycles. The van der Waals surface area contributed by atoms with Crippen LogP contribution in [0.2, 0.25) is 0 Å². The summed E-state index contributed by atoms with van der Waals surface area (Å²) in [6, 6.07) is 12.8. The Balaban J connectivity index is 0.00000100. The second-order valence-corrected chi connectivity index (χ2v) is 6.58. The fourth-order valence-corrected chi connectivity index (χ4v) is 3.75. The molecule has 0 aliphatic rings. The molecule has 0 aliphatic carbocycles. The first-order valence-corrected chi connectivity index (χ1v) is 11.0. The fourth-order valence-electron chi connectivity index (χ4n) is 2.71. The minimum Gasteiger partial charge on any atom is -0.325 e. The molecule has 0 saturated heterocycles. The maximum atomic E-state index is 5.93. The van der Waals surface area contributed by atoms with Crippen molar-refractivity contribution in [2.75, 3.05) is 4.93 Å². The Kier molecular flexibility index (Phi) is 7.13. The van der Waals surface area contributed by atoms with Crippen molar-refractivity contribution in [3.8, 4) is 0 Å². The van der Waals surface area contributed by atoms with Crippen LogP contribution < -0.4 is 5.73 Å². The first-order valence-electron chi connectivity index (χ1n) is 7.84. The van der Waals surface area contributed by atoms with E-state index in [1.54, 1.807) is 0 Å². The molecule has 0 fully saturated rings. The number of aryl methyl sites for hydroxylation is 3. The normalized spacial score (nSPS) is 10.6. The van der Waals surface area contributed by atoms with E-state index in [4.69, 9.17) is 10.7 Å². The summed E-state index contributed by atoms with van der Waals surface area (Å²) in [7, 11) is 0. The highest BCUT2D eigenvalue weighted by atomic mass is 127. The van der Waals surface area contributed by atoms with Crippen molar-refractivity contribution in [1.29, 1.82) is 0 Å². The summed E-state index contributed by atoms with van der Waals surface area (Å²) in [6.07, 6.45) is 0. The molecule has 0 radical (unpaired) electrons. The van der Waals surface area contributed by atoms with Crippen molar-refractivity contribution in [1.82, 2.24) is 9.38 Å². The maximum absolute atomic E-state index is 5.93. The van der Waals surface area contributed by atoms with Crippen molar-refractivity contribution < 1.29 is 0 Å². The highest BCUT2D eigenvalue weighted by Crippen LogP contribution is 2.30. The number of pyridine rings is 1. The Morgan fingerprint density at radius 1 is 1.12 bits per heavy atom. The Bertz CT molecular complexity index is 813. The van der Waals surface area contributed by atoms with Crippen LogP contribution in [0, 0.1) is 20.8 Å². The summed E-state index contributed by atoms with van der Waals surface area (Å²) in [5, 5.41) is 0. The molecule has 3 rings (SSSR count). The lowest BCUT2D eigenvalue weighted by molar-refractivity contribution is 0.905. The summed E-state index contributed by atoms with van der Waals surface area (Å²) in [4.78, 5) is 7.95. The Labute approximate surface area is 162 Å². The number of aromatic nitrogens is 2. The minimum atomic E-state index is 0.514. The van der Waals surface area contributed by atoms with Gasteiger partial charge >= 0.3 is 0 Å². The van der Waals surface area contributed by atoms with Gasteiger partial charge in [0.2, 0.25) is 0 Å². The van der Waals surface area contributed by atoms with Gasteiger partial charge in [0.1, 0.15) is 0 Å². The van der Waals surface area contributed by atoms with E-state index in [1.807, 2.05) is 29.7 Å². The Morgan fingerprint density at radius 3 is 2.42 bits per heavy atom. The van der Waals surface area contributed by atoms with Gasteiger partial charge in [0.25, 0.3) is 0 Å². The summed E-state index contributed by atoms with van der Waals surface area (Å²) >= 11 is 3.98. The molecule has 0 bridgehead atoms. The largest absolute Gasteiger partial charge is 0.325 e. The van der Waals surface area contributed by atoms with Crippen LogP contribution in [0.4, 0.5) is 0 Å². The number of hydrogen-bond donors (Lipinski definition) is 1. The third-order valence-corrected chi connectivity index (χ3v) is 5.17. The second-order valence-electron chi connectivity index (χ2n) is 5.56. The minimum absolute atomic E-state index is 0.514. The monoisotopic (exact) mass is 453 g/mol. The van der Waals surface area contributed by atoms with Gasteiger partial charge < -0.3 is 5.73 Å². The number of rotatable bonds is 4. The van der Waals surface area contributed by atoms with E-state index >= 15 is 0 Å². The van der Waals surface area contributed by atoms with Gasteiger partial charge in [-0.2, -0.15) is 0 Å². The topological polar surface area (TPSA) is 43.3 Å². The van der Waals surface area contributed by atoms with Crippen molar-refractivity contribution in [3.05, 3.63) is 64.6 Å². The molecule has 2 N–H and O–H groups in total. The van der Waals surface area contributed by atoms with E-state index in [0.29, 0.717) is 6.54 Å². The number of fused-ring (bicyclic) bond motifs is 1. The van der Waals surface area contributed by atoms with E-state index in [0.717, 1.165) is 22.8 Å². The van der Waals surface area contributed by atoms with Gasteiger partial charge in [-0.15, -0.1) is 11.8 Å². The molecule has 5 heteroatoms. The second kappa shape index (κ2) is 8.87. The van der Waals surface area contributed by atoms with E-state index < -0.39 is 0 Å². The highest BCUT2D eigenvalue weighted by molar-refractivity contribution is 14.1. The van der Waals surface area contributed by atoms with Gasteiger partial charge in [0, 0.05) is 18.0 Å². The predicted octanol–water partition coefficient (Wildman–Crippen LogP) is 5.06. The Hall–Kier alpha value is -1.05. The van der Waals surface area contributed by atoms with Gasteiger partial charge in [-0.3, -0.25) is 4.40 Å². The number of nitrogens with two attached hydrogens (primary N) is 1. The third kappa shape index (κ3) is 3.95. The molecule has 0 spiro atoms. The standard InChI is InChI=1S/C18H21N3S.CH3I/c1-12-9-17(22-11-15-7-5-4-6-8-15)18-20-13(2)16(10-19)21(18)14(12)3;1-2/h4-9H,10-11,19H2,1-3H3;1H3. The molecule has 128 valence electrons. The van der Waals surface area contributed by atoms with E-state index in [9.17, 15) is 0 Å². The number of thioether (sulfide) groups is 1. The molecule has 0 amide bonds. The van der Waals surface area contributed by atoms with Crippen LogP contribution in [0.25, 0.3) is 5.65 Å². The van der Waals surface area contributed by atoms with Gasteiger partial charge in [0.05, 0.1) is 16.3 Å². The molecule has 3 aromatic rings. The van der Waals surface area contributed by atoms with Crippen LogP contribution in [0.15, 0.2) is 41.3 Å². The van der Waals surface area contributed by atoms with E-state index in [2.05, 4.69) is 71.2 Å². The summed E-state index contributed by atoms with van der Waals surface area (Å²) in [5.41, 5.74) is 12.9. The van der Waals surface area contributed by atoms with Crippen LogP contribution in [-0.2, 0) is 12.3 Å². The zero-order valence-electron chi connectivity index (χ0n) is 14.6. The molecule has 0 atom stereocenters. The molecule has 0 aliphatic heterocycles.